The molecule has 2 unspecified atom stereocenters. The third-order valence-electron chi connectivity index (χ3n) is 3.04. The second-order valence-corrected chi connectivity index (χ2v) is 8.27. The van der Waals surface area contributed by atoms with Crippen LogP contribution in [0.2, 0.25) is 0 Å². The molecule has 4 nitrogen and oxygen atoms in total. The molecule has 1 rings (SSSR count). The summed E-state index contributed by atoms with van der Waals surface area (Å²) in [4.78, 5) is 0. The fourth-order valence-corrected chi connectivity index (χ4v) is 4.12. The van der Waals surface area contributed by atoms with Crippen LogP contribution in [-0.2, 0) is 10.0 Å². The summed E-state index contributed by atoms with van der Waals surface area (Å²) in [7, 11) is -3.15. The Kier molecular flexibility index (Phi) is 4.98. The Balaban J connectivity index is 2.39. The van der Waals surface area contributed by atoms with E-state index < -0.39 is 10.0 Å². The molecule has 1 fully saturated rings. The van der Waals surface area contributed by atoms with Gasteiger partial charge in [0.05, 0.1) is 5.75 Å². The molecule has 0 saturated heterocycles. The lowest BCUT2D eigenvalue weighted by Gasteiger charge is -2.27. The smallest absolute Gasteiger partial charge is 0.212 e. The van der Waals surface area contributed by atoms with Crippen LogP contribution in [-0.4, -0.2) is 26.8 Å². The molecule has 0 heterocycles. The molecule has 0 spiro atoms. The van der Waals surface area contributed by atoms with E-state index >= 15 is 0 Å². The highest BCUT2D eigenvalue weighted by Crippen LogP contribution is 2.23. The molecule has 102 valence electrons. The van der Waals surface area contributed by atoms with Crippen molar-refractivity contribution in [1.29, 1.82) is 0 Å². The highest BCUT2D eigenvalue weighted by Gasteiger charge is 2.24. The van der Waals surface area contributed by atoms with E-state index in [1.807, 2.05) is 20.8 Å². The van der Waals surface area contributed by atoms with Gasteiger partial charge in [0.15, 0.2) is 0 Å². The van der Waals surface area contributed by atoms with E-state index in [2.05, 4.69) is 4.72 Å². The summed E-state index contributed by atoms with van der Waals surface area (Å²) in [5.74, 6) is 0.590. The highest BCUT2D eigenvalue weighted by atomic mass is 32.2. The van der Waals surface area contributed by atoms with Crippen LogP contribution < -0.4 is 10.5 Å². The molecule has 2 atom stereocenters. The minimum absolute atomic E-state index is 0.179. The van der Waals surface area contributed by atoms with Gasteiger partial charge >= 0.3 is 0 Å². The predicted octanol–water partition coefficient (Wildman–Crippen LogP) is 1.47. The number of hydrogen-bond donors (Lipinski definition) is 2. The molecule has 0 amide bonds. The van der Waals surface area contributed by atoms with Crippen LogP contribution >= 0.6 is 0 Å². The van der Waals surface area contributed by atoms with Crippen molar-refractivity contribution in [2.45, 2.75) is 52.5 Å². The zero-order valence-electron chi connectivity index (χ0n) is 11.2. The van der Waals surface area contributed by atoms with E-state index in [0.29, 0.717) is 12.5 Å². The minimum Gasteiger partial charge on any atom is -0.328 e. The summed E-state index contributed by atoms with van der Waals surface area (Å²) in [5, 5.41) is 0. The standard InChI is InChI=1S/C12H26N2O2S/c1-12(2,3)9-17(15,16)14-8-10-5-4-6-11(13)7-10/h10-11,14H,4-9,13H2,1-3H3. The van der Waals surface area contributed by atoms with Crippen molar-refractivity contribution in [3.8, 4) is 0 Å². The van der Waals surface area contributed by atoms with Crippen molar-refractivity contribution in [3.63, 3.8) is 0 Å². The average molecular weight is 262 g/mol. The molecular formula is C12H26N2O2S. The first-order valence-electron chi connectivity index (χ1n) is 6.41. The maximum absolute atomic E-state index is 11.8. The van der Waals surface area contributed by atoms with E-state index in [0.717, 1.165) is 25.7 Å². The monoisotopic (exact) mass is 262 g/mol. The van der Waals surface area contributed by atoms with Crippen LogP contribution in [0.15, 0.2) is 0 Å². The van der Waals surface area contributed by atoms with E-state index in [1.54, 1.807) is 0 Å². The van der Waals surface area contributed by atoms with Gasteiger partial charge in [-0.15, -0.1) is 0 Å². The zero-order chi connectivity index (χ0) is 13.1. The largest absolute Gasteiger partial charge is 0.328 e. The number of hydrogen-bond acceptors (Lipinski definition) is 3. The summed E-state index contributed by atoms with van der Waals surface area (Å²) in [5.41, 5.74) is 5.69. The molecular weight excluding hydrogens is 236 g/mol. The van der Waals surface area contributed by atoms with Crippen molar-refractivity contribution in [3.05, 3.63) is 0 Å². The van der Waals surface area contributed by atoms with Gasteiger partial charge < -0.3 is 5.73 Å². The Labute approximate surface area is 105 Å². The Morgan fingerprint density at radius 3 is 2.47 bits per heavy atom. The molecule has 0 aromatic rings. The number of nitrogens with one attached hydrogen (secondary N) is 1. The van der Waals surface area contributed by atoms with E-state index in [4.69, 9.17) is 5.73 Å². The third-order valence-corrected chi connectivity index (χ3v) is 4.89. The van der Waals surface area contributed by atoms with Crippen LogP contribution in [0.5, 0.6) is 0 Å². The Morgan fingerprint density at radius 2 is 1.94 bits per heavy atom. The maximum atomic E-state index is 11.8. The first-order chi connectivity index (χ1) is 7.68. The van der Waals surface area contributed by atoms with Crippen molar-refractivity contribution in [2.75, 3.05) is 12.3 Å². The summed E-state index contributed by atoms with van der Waals surface area (Å²) in [6.45, 7) is 6.35. The van der Waals surface area contributed by atoms with Crippen molar-refractivity contribution < 1.29 is 8.42 Å². The zero-order valence-corrected chi connectivity index (χ0v) is 12.0. The molecule has 0 aromatic heterocycles. The minimum atomic E-state index is -3.15. The molecule has 0 aromatic carbocycles. The van der Waals surface area contributed by atoms with Gasteiger partial charge in [0.25, 0.3) is 0 Å². The van der Waals surface area contributed by atoms with Gasteiger partial charge in [-0.3, -0.25) is 0 Å². The van der Waals surface area contributed by atoms with Gasteiger partial charge in [-0.05, 0) is 30.6 Å². The van der Waals surface area contributed by atoms with Crippen LogP contribution in [0, 0.1) is 11.3 Å². The van der Waals surface area contributed by atoms with Gasteiger partial charge in [0.1, 0.15) is 0 Å². The van der Waals surface area contributed by atoms with E-state index in [9.17, 15) is 8.42 Å². The predicted molar refractivity (Wildman–Crippen MR) is 71.2 cm³/mol. The van der Waals surface area contributed by atoms with Crippen molar-refractivity contribution in [1.82, 2.24) is 4.72 Å². The van der Waals surface area contributed by atoms with Crippen molar-refractivity contribution >= 4 is 10.0 Å². The second-order valence-electron chi connectivity index (χ2n) is 6.46. The van der Waals surface area contributed by atoms with Crippen LogP contribution in [0.4, 0.5) is 0 Å². The SMILES string of the molecule is CC(C)(C)CS(=O)(=O)NCC1CCCC(N)C1. The van der Waals surface area contributed by atoms with Gasteiger partial charge in [-0.2, -0.15) is 0 Å². The molecule has 0 aliphatic heterocycles. The molecule has 1 saturated carbocycles. The maximum Gasteiger partial charge on any atom is 0.212 e. The fraction of sp³-hybridized carbons (Fsp3) is 1.00. The molecule has 1 aliphatic rings. The second kappa shape index (κ2) is 5.67. The van der Waals surface area contributed by atoms with Crippen molar-refractivity contribution in [2.24, 2.45) is 17.1 Å². The molecule has 1 aliphatic carbocycles. The lowest BCUT2D eigenvalue weighted by Crippen LogP contribution is -2.38. The highest BCUT2D eigenvalue weighted by molar-refractivity contribution is 7.89. The van der Waals surface area contributed by atoms with Crippen LogP contribution in [0.3, 0.4) is 0 Å². The molecule has 3 N–H and O–H groups in total. The normalized spacial score (nSPS) is 27.1. The summed E-state index contributed by atoms with van der Waals surface area (Å²) in [6, 6.07) is 0.251. The molecule has 0 radical (unpaired) electrons. The van der Waals surface area contributed by atoms with E-state index in [-0.39, 0.29) is 17.2 Å². The Morgan fingerprint density at radius 1 is 1.29 bits per heavy atom. The quantitative estimate of drug-likeness (QED) is 0.806. The molecule has 5 heteroatoms. The number of nitrogens with two attached hydrogens (primary N) is 1. The van der Waals surface area contributed by atoms with Gasteiger partial charge in [-0.1, -0.05) is 27.2 Å². The van der Waals surface area contributed by atoms with Gasteiger partial charge in [-0.25, -0.2) is 13.1 Å². The van der Waals surface area contributed by atoms with Crippen LogP contribution in [0.1, 0.15) is 46.5 Å². The fourth-order valence-electron chi connectivity index (χ4n) is 2.38. The number of rotatable bonds is 4. The van der Waals surface area contributed by atoms with Crippen LogP contribution in [0.25, 0.3) is 0 Å². The summed E-state index contributed by atoms with van der Waals surface area (Å²) in [6.07, 6.45) is 4.22. The molecule has 17 heavy (non-hydrogen) atoms. The topological polar surface area (TPSA) is 72.2 Å². The third kappa shape index (κ3) is 6.38. The first-order valence-corrected chi connectivity index (χ1v) is 8.06. The van der Waals surface area contributed by atoms with Gasteiger partial charge in [0, 0.05) is 12.6 Å². The number of sulfonamides is 1. The Bertz CT molecular complexity index is 333. The molecule has 0 bridgehead atoms. The van der Waals surface area contributed by atoms with Gasteiger partial charge in [0.2, 0.25) is 10.0 Å². The van der Waals surface area contributed by atoms with E-state index in [1.165, 1.54) is 0 Å². The lowest BCUT2D eigenvalue weighted by atomic mass is 9.86. The lowest BCUT2D eigenvalue weighted by molar-refractivity contribution is 0.321. The average Bonchev–Trinajstić information content (AvgIpc) is 2.11. The first kappa shape index (κ1) is 14.9. The Hall–Kier alpha value is -0.130. The summed E-state index contributed by atoms with van der Waals surface area (Å²) < 4.78 is 26.4. The summed E-state index contributed by atoms with van der Waals surface area (Å²) >= 11 is 0.